The van der Waals surface area contributed by atoms with Crippen LogP contribution >= 0.6 is 11.3 Å². The number of carbonyl (C=O) groups excluding carboxylic acids is 4. The van der Waals surface area contributed by atoms with Crippen LogP contribution < -0.4 is 24.8 Å². The number of nitrogens with one attached hydrogen (secondary N) is 3. The highest BCUT2D eigenvalue weighted by atomic mass is 32.2. The number of hydrogen-bond donors (Lipinski definition) is 3. The number of fused-ring (bicyclic) bond motifs is 3. The second-order valence-corrected chi connectivity index (χ2v) is 21.7. The van der Waals surface area contributed by atoms with Crippen molar-refractivity contribution in [2.75, 3.05) is 26.7 Å². The number of hydrogen-bond acceptors (Lipinski definition) is 11. The van der Waals surface area contributed by atoms with Crippen LogP contribution in [0, 0.1) is 18.3 Å². The molecule has 62 heavy (non-hydrogen) atoms. The Labute approximate surface area is 367 Å². The second kappa shape index (κ2) is 17.1. The van der Waals surface area contributed by atoms with Gasteiger partial charge in [0.2, 0.25) is 21.8 Å². The highest BCUT2D eigenvalue weighted by molar-refractivity contribution is 7.91. The van der Waals surface area contributed by atoms with Gasteiger partial charge in [-0.3, -0.25) is 19.1 Å². The molecule has 0 spiro atoms. The van der Waals surface area contributed by atoms with Gasteiger partial charge in [0, 0.05) is 47.8 Å². The van der Waals surface area contributed by atoms with Crippen LogP contribution in [-0.4, -0.2) is 108 Å². The van der Waals surface area contributed by atoms with E-state index in [-0.39, 0.29) is 36.8 Å². The number of urea groups is 1. The zero-order valence-corrected chi connectivity index (χ0v) is 38.1. The summed E-state index contributed by atoms with van der Waals surface area (Å²) < 4.78 is 40.8. The molecule has 5 amide bonds. The lowest BCUT2D eigenvalue weighted by Crippen LogP contribution is -2.58. The normalized spacial score (nSPS) is 27.1. The van der Waals surface area contributed by atoms with Crippen molar-refractivity contribution in [1.29, 1.82) is 0 Å². The van der Waals surface area contributed by atoms with Gasteiger partial charge >= 0.3 is 6.03 Å². The summed E-state index contributed by atoms with van der Waals surface area (Å²) >= 11 is 1.49. The third-order valence-electron chi connectivity index (χ3n) is 13.1. The molecule has 4 fully saturated rings. The van der Waals surface area contributed by atoms with Gasteiger partial charge in [0.25, 0.3) is 5.91 Å². The molecular formula is C45H59N7O8S2. The summed E-state index contributed by atoms with van der Waals surface area (Å²) in [4.78, 5) is 70.5. The van der Waals surface area contributed by atoms with E-state index in [4.69, 9.17) is 19.4 Å². The molecule has 0 unspecified atom stereocenters. The third-order valence-corrected chi connectivity index (χ3v) is 15.8. The Bertz CT molecular complexity index is 2390. The van der Waals surface area contributed by atoms with E-state index in [1.165, 1.54) is 16.2 Å². The van der Waals surface area contributed by atoms with Crippen molar-refractivity contribution in [2.45, 2.75) is 134 Å². The monoisotopic (exact) mass is 889 g/mol. The first-order valence-electron chi connectivity index (χ1n) is 22.0. The van der Waals surface area contributed by atoms with E-state index < -0.39 is 62.6 Å². The molecule has 0 radical (unpaired) electrons. The fourth-order valence-electron chi connectivity index (χ4n) is 9.03. The van der Waals surface area contributed by atoms with Crippen molar-refractivity contribution in [2.24, 2.45) is 11.3 Å². The molecule has 5 aliphatic rings. The molecule has 15 nitrogen and oxygen atoms in total. The SMILES string of the molecule is COc1ccc2c(O[C@@H]3C[C@H]4C(=O)N[C@]5(C(=O)NS(=O)(=O)C6CC6)C[C@H]5/C=C\CCCCC[C@H](NC(=O)N5CCC(C)(C)C5)C(=O)N4C3)cc(-c3nc(C(C)C)cs3)nc2c1C. The Balaban J connectivity index is 1.14. The van der Waals surface area contributed by atoms with E-state index in [0.717, 1.165) is 35.5 Å². The summed E-state index contributed by atoms with van der Waals surface area (Å²) in [5, 5.41) is 8.82. The lowest BCUT2D eigenvalue weighted by atomic mass is 9.93. The summed E-state index contributed by atoms with van der Waals surface area (Å²) in [6.45, 7) is 11.5. The zero-order chi connectivity index (χ0) is 44.1. The van der Waals surface area contributed by atoms with Crippen LogP contribution in [0.4, 0.5) is 4.79 Å². The molecule has 8 rings (SSSR count). The number of rotatable bonds is 9. The molecule has 3 aliphatic heterocycles. The maximum atomic E-state index is 14.9. The van der Waals surface area contributed by atoms with Crippen molar-refractivity contribution >= 4 is 56.0 Å². The number of allylic oxidation sites excluding steroid dienone is 1. The number of carbonyl (C=O) groups is 4. The van der Waals surface area contributed by atoms with E-state index in [0.29, 0.717) is 73.3 Å². The minimum Gasteiger partial charge on any atom is -0.496 e. The molecule has 17 heteroatoms. The van der Waals surface area contributed by atoms with Crippen molar-refractivity contribution < 1.29 is 37.1 Å². The fraction of sp³-hybridized carbons (Fsp3) is 0.600. The van der Waals surface area contributed by atoms with Gasteiger partial charge in [0.15, 0.2) is 0 Å². The number of aromatic nitrogens is 2. The molecule has 5 atom stereocenters. The van der Waals surface area contributed by atoms with Crippen LogP contribution in [0.15, 0.2) is 35.7 Å². The maximum absolute atomic E-state index is 14.9. The van der Waals surface area contributed by atoms with Crippen LogP contribution in [-0.2, 0) is 24.4 Å². The van der Waals surface area contributed by atoms with Crippen LogP contribution in [0.25, 0.3) is 21.6 Å². The lowest BCUT2D eigenvalue weighted by Gasteiger charge is -2.31. The van der Waals surface area contributed by atoms with E-state index in [1.54, 1.807) is 12.0 Å². The van der Waals surface area contributed by atoms with Crippen LogP contribution in [0.1, 0.15) is 109 Å². The smallest absolute Gasteiger partial charge is 0.318 e. The lowest BCUT2D eigenvalue weighted by molar-refractivity contribution is -0.141. The molecule has 2 saturated heterocycles. The molecule has 2 aliphatic carbocycles. The Kier molecular flexibility index (Phi) is 12.1. The first-order valence-corrected chi connectivity index (χ1v) is 24.4. The molecule has 5 heterocycles. The fourth-order valence-corrected chi connectivity index (χ4v) is 11.3. The molecular weight excluding hydrogens is 831 g/mol. The standard InChI is InChI=1S/C45H59N7O8S2/c1-26(2)34-24-61-40(47-34)33-21-37(31-16-17-36(59-6)27(3)38(31)46-33)60-29-20-35-39(53)49-45(42(55)50-62(57,58)30-14-15-30)22-28(45)12-10-8-7-9-11-13-32(41(54)52(35)23-29)48-43(56)51-19-18-44(4,5)25-51/h10,12,16-17,21,24,26,28-30,32,35H,7-9,11,13-15,18-20,22-23,25H2,1-6H3,(H,48,56)(H,49,53)(H,50,55)/b12-10-/t28-,29-,32+,35+,45-/m1/s1. The number of amides is 5. The molecule has 2 aromatic heterocycles. The number of aryl methyl sites for hydroxylation is 1. The van der Waals surface area contributed by atoms with E-state index in [1.807, 2.05) is 42.7 Å². The van der Waals surface area contributed by atoms with Gasteiger partial charge in [0.05, 0.1) is 30.1 Å². The number of methoxy groups -OCH3 is 1. The third kappa shape index (κ3) is 9.01. The van der Waals surface area contributed by atoms with Gasteiger partial charge in [-0.1, -0.05) is 52.7 Å². The van der Waals surface area contributed by atoms with Crippen molar-refractivity contribution in [3.05, 3.63) is 47.0 Å². The number of likely N-dealkylation sites (tertiary alicyclic amines) is 1. The quantitative estimate of drug-likeness (QED) is 0.216. The highest BCUT2D eigenvalue weighted by Gasteiger charge is 2.62. The molecule has 3 N–H and O–H groups in total. The summed E-state index contributed by atoms with van der Waals surface area (Å²) in [7, 11) is -2.30. The van der Waals surface area contributed by atoms with Crippen LogP contribution in [0.3, 0.4) is 0 Å². The zero-order valence-electron chi connectivity index (χ0n) is 36.5. The number of nitrogens with zero attached hydrogens (tertiary/aromatic N) is 4. The Morgan fingerprint density at radius 3 is 2.55 bits per heavy atom. The summed E-state index contributed by atoms with van der Waals surface area (Å²) in [6.07, 6.45) is 8.62. The molecule has 3 aromatic rings. The Morgan fingerprint density at radius 1 is 1.06 bits per heavy atom. The van der Waals surface area contributed by atoms with Crippen LogP contribution in [0.5, 0.6) is 11.5 Å². The van der Waals surface area contributed by atoms with Gasteiger partial charge in [0.1, 0.15) is 45.9 Å². The van der Waals surface area contributed by atoms with Crippen molar-refractivity contribution in [3.8, 4) is 22.2 Å². The van der Waals surface area contributed by atoms with Gasteiger partial charge < -0.3 is 29.9 Å². The van der Waals surface area contributed by atoms with E-state index in [9.17, 15) is 27.6 Å². The van der Waals surface area contributed by atoms with Gasteiger partial charge in [-0.2, -0.15) is 0 Å². The second-order valence-electron chi connectivity index (χ2n) is 18.9. The average molecular weight is 890 g/mol. The number of sulfonamides is 1. The molecule has 0 bridgehead atoms. The molecule has 1 aromatic carbocycles. The van der Waals surface area contributed by atoms with Crippen LogP contribution in [0.2, 0.25) is 0 Å². The Hall–Kier alpha value is -4.77. The van der Waals surface area contributed by atoms with E-state index in [2.05, 4.69) is 43.1 Å². The summed E-state index contributed by atoms with van der Waals surface area (Å²) in [5.74, 6) is -0.837. The predicted octanol–water partition coefficient (Wildman–Crippen LogP) is 5.96. The van der Waals surface area contributed by atoms with Gasteiger partial charge in [-0.15, -0.1) is 11.3 Å². The number of thiazole rings is 1. The number of pyridine rings is 1. The Morgan fingerprint density at radius 2 is 1.85 bits per heavy atom. The van der Waals surface area contributed by atoms with E-state index >= 15 is 0 Å². The minimum absolute atomic E-state index is 0.0155. The predicted molar refractivity (Wildman–Crippen MR) is 236 cm³/mol. The highest BCUT2D eigenvalue weighted by Crippen LogP contribution is 2.46. The topological polar surface area (TPSA) is 189 Å². The summed E-state index contributed by atoms with van der Waals surface area (Å²) in [5.41, 5.74) is 1.48. The molecule has 334 valence electrons. The summed E-state index contributed by atoms with van der Waals surface area (Å²) in [6, 6.07) is 3.24. The number of ether oxygens (including phenoxy) is 2. The number of benzene rings is 1. The van der Waals surface area contributed by atoms with Gasteiger partial charge in [-0.05, 0) is 75.3 Å². The molecule has 2 saturated carbocycles. The first-order chi connectivity index (χ1) is 29.5. The van der Waals surface area contributed by atoms with Crippen molar-refractivity contribution in [1.82, 2.24) is 35.1 Å². The average Bonchev–Trinajstić information content (AvgIpc) is 4.04. The maximum Gasteiger partial charge on any atom is 0.318 e. The largest absolute Gasteiger partial charge is 0.496 e. The minimum atomic E-state index is -3.91. The van der Waals surface area contributed by atoms with Crippen molar-refractivity contribution in [3.63, 3.8) is 0 Å². The first kappa shape index (κ1) is 43.9. The van der Waals surface area contributed by atoms with Gasteiger partial charge in [-0.25, -0.2) is 23.2 Å².